The lowest BCUT2D eigenvalue weighted by molar-refractivity contribution is -0.128. The summed E-state index contributed by atoms with van der Waals surface area (Å²) in [5, 5.41) is 8.40. The lowest BCUT2D eigenvalue weighted by atomic mass is 10.1. The minimum Gasteiger partial charge on any atom is -0.482 e. The van der Waals surface area contributed by atoms with Gasteiger partial charge in [0.1, 0.15) is 11.9 Å². The van der Waals surface area contributed by atoms with Crippen molar-refractivity contribution in [3.05, 3.63) is 64.8 Å². The van der Waals surface area contributed by atoms with E-state index in [9.17, 15) is 4.79 Å². The summed E-state index contributed by atoms with van der Waals surface area (Å²) in [5.41, 5.74) is 2.87. The third kappa shape index (κ3) is 3.34. The average Bonchev–Trinajstić information content (AvgIpc) is 3.31. The van der Waals surface area contributed by atoms with E-state index < -0.39 is 12.2 Å². The van der Waals surface area contributed by atoms with Crippen LogP contribution in [0.3, 0.4) is 0 Å². The molecule has 6 nitrogen and oxygen atoms in total. The first-order chi connectivity index (χ1) is 14.1. The van der Waals surface area contributed by atoms with Gasteiger partial charge in [-0.05, 0) is 43.3 Å². The Hall–Kier alpha value is -2.64. The van der Waals surface area contributed by atoms with Gasteiger partial charge in [0.25, 0.3) is 5.91 Å². The fraction of sp³-hybridized carbons (Fsp3) is 0.238. The van der Waals surface area contributed by atoms with E-state index in [1.807, 2.05) is 37.3 Å². The first kappa shape index (κ1) is 18.4. The quantitative estimate of drug-likeness (QED) is 0.669. The van der Waals surface area contributed by atoms with Gasteiger partial charge in [-0.25, -0.2) is 4.68 Å². The molecule has 2 aliphatic heterocycles. The lowest BCUT2D eigenvalue weighted by Crippen LogP contribution is -2.46. The Kier molecular flexibility index (Phi) is 4.64. The van der Waals surface area contributed by atoms with Gasteiger partial charge in [0, 0.05) is 22.1 Å². The van der Waals surface area contributed by atoms with Crippen LogP contribution in [0.4, 0.5) is 5.82 Å². The van der Waals surface area contributed by atoms with Crippen LogP contribution in [-0.4, -0.2) is 27.9 Å². The highest BCUT2D eigenvalue weighted by atomic mass is 35.5. The summed E-state index contributed by atoms with van der Waals surface area (Å²) in [4.78, 5) is 13.1. The van der Waals surface area contributed by atoms with Crippen LogP contribution in [0, 0.1) is 0 Å². The molecule has 0 saturated carbocycles. The number of benzene rings is 2. The molecule has 3 aromatic rings. The van der Waals surface area contributed by atoms with Gasteiger partial charge in [-0.1, -0.05) is 23.7 Å². The highest BCUT2D eigenvalue weighted by Crippen LogP contribution is 2.37. The molecule has 3 heterocycles. The fourth-order valence-corrected chi connectivity index (χ4v) is 4.67. The van der Waals surface area contributed by atoms with Crippen LogP contribution < -0.4 is 14.8 Å². The van der Waals surface area contributed by atoms with Crippen molar-refractivity contribution in [1.29, 1.82) is 0 Å². The van der Waals surface area contributed by atoms with Crippen LogP contribution in [0.15, 0.2) is 48.5 Å². The fourth-order valence-electron chi connectivity index (χ4n) is 3.50. The van der Waals surface area contributed by atoms with Gasteiger partial charge in [-0.15, -0.1) is 0 Å². The van der Waals surface area contributed by atoms with Gasteiger partial charge in [0.2, 0.25) is 6.10 Å². The first-order valence-electron chi connectivity index (χ1n) is 9.28. The summed E-state index contributed by atoms with van der Waals surface area (Å²) < 4.78 is 13.6. The number of hydrogen-bond acceptors (Lipinski definition) is 5. The highest BCUT2D eigenvalue weighted by molar-refractivity contribution is 7.98. The second-order valence-corrected chi connectivity index (χ2v) is 8.37. The van der Waals surface area contributed by atoms with Crippen molar-refractivity contribution in [2.24, 2.45) is 0 Å². The Morgan fingerprint density at radius 2 is 1.86 bits per heavy atom. The standard InChI is InChI=1S/C21H18ClN3O3S/c1-12-19(28-18-5-3-2-4-17(18)27-12)21(26)23-20-15-10-29-11-16(15)24-25(20)14-8-6-13(22)7-9-14/h2-9,12,19H,10-11H2,1H3,(H,23,26). The van der Waals surface area contributed by atoms with Gasteiger partial charge in [-0.2, -0.15) is 16.9 Å². The maximum absolute atomic E-state index is 13.1. The lowest BCUT2D eigenvalue weighted by Gasteiger charge is -2.31. The van der Waals surface area contributed by atoms with Gasteiger partial charge in [0.15, 0.2) is 11.5 Å². The number of nitrogens with one attached hydrogen (secondary N) is 1. The number of para-hydroxylation sites is 2. The second kappa shape index (κ2) is 7.31. The third-order valence-corrected chi connectivity index (χ3v) is 6.19. The molecule has 2 aliphatic rings. The van der Waals surface area contributed by atoms with E-state index in [0.29, 0.717) is 22.3 Å². The number of thioether (sulfide) groups is 1. The van der Waals surface area contributed by atoms with E-state index in [0.717, 1.165) is 28.5 Å². The zero-order chi connectivity index (χ0) is 20.0. The number of nitrogens with zero attached hydrogens (tertiary/aromatic N) is 2. The van der Waals surface area contributed by atoms with Gasteiger partial charge >= 0.3 is 0 Å². The minimum absolute atomic E-state index is 0.262. The topological polar surface area (TPSA) is 65.4 Å². The molecule has 2 aromatic carbocycles. The number of fused-ring (bicyclic) bond motifs is 2. The van der Waals surface area contributed by atoms with Crippen LogP contribution in [0.2, 0.25) is 5.02 Å². The zero-order valence-electron chi connectivity index (χ0n) is 15.6. The Morgan fingerprint density at radius 3 is 2.62 bits per heavy atom. The zero-order valence-corrected chi connectivity index (χ0v) is 17.2. The number of carbonyl (C=O) groups is 1. The van der Waals surface area contributed by atoms with Gasteiger partial charge in [0.05, 0.1) is 11.4 Å². The Bertz CT molecular complexity index is 1080. The van der Waals surface area contributed by atoms with Gasteiger partial charge < -0.3 is 14.8 Å². The van der Waals surface area contributed by atoms with Crippen LogP contribution in [0.25, 0.3) is 5.69 Å². The van der Waals surface area contributed by atoms with E-state index in [1.54, 1.807) is 34.6 Å². The molecule has 1 N–H and O–H groups in total. The number of anilines is 1. The molecule has 1 amide bonds. The minimum atomic E-state index is -0.761. The maximum atomic E-state index is 13.1. The Labute approximate surface area is 177 Å². The molecule has 0 fully saturated rings. The first-order valence-corrected chi connectivity index (χ1v) is 10.8. The summed E-state index contributed by atoms with van der Waals surface area (Å²) in [5.74, 6) is 3.25. The highest BCUT2D eigenvalue weighted by Gasteiger charge is 2.35. The van der Waals surface area contributed by atoms with Crippen molar-refractivity contribution < 1.29 is 14.3 Å². The average molecular weight is 428 g/mol. The summed E-state index contributed by atoms with van der Waals surface area (Å²) in [6.45, 7) is 1.83. The molecule has 148 valence electrons. The predicted octanol–water partition coefficient (Wildman–Crippen LogP) is 4.44. The van der Waals surface area contributed by atoms with Crippen molar-refractivity contribution >= 4 is 35.1 Å². The molecular weight excluding hydrogens is 410 g/mol. The third-order valence-electron chi connectivity index (χ3n) is 4.97. The molecule has 5 rings (SSSR count). The van der Waals surface area contributed by atoms with Crippen molar-refractivity contribution in [3.8, 4) is 17.2 Å². The van der Waals surface area contributed by atoms with Crippen molar-refractivity contribution in [2.45, 2.75) is 30.6 Å². The number of halogens is 1. The van der Waals surface area contributed by atoms with E-state index in [1.165, 1.54) is 0 Å². The summed E-state index contributed by atoms with van der Waals surface area (Å²) in [6.07, 6.45) is -1.18. The van der Waals surface area contributed by atoms with Crippen molar-refractivity contribution in [2.75, 3.05) is 5.32 Å². The molecule has 2 atom stereocenters. The van der Waals surface area contributed by atoms with E-state index in [2.05, 4.69) is 5.32 Å². The molecule has 0 aliphatic carbocycles. The van der Waals surface area contributed by atoms with Gasteiger partial charge in [-0.3, -0.25) is 4.79 Å². The molecule has 1 aromatic heterocycles. The predicted molar refractivity (Wildman–Crippen MR) is 113 cm³/mol. The van der Waals surface area contributed by atoms with E-state index in [4.69, 9.17) is 26.2 Å². The molecule has 0 saturated heterocycles. The van der Waals surface area contributed by atoms with Crippen LogP contribution in [-0.2, 0) is 16.3 Å². The number of ether oxygens (including phenoxy) is 2. The summed E-state index contributed by atoms with van der Waals surface area (Å²) in [7, 11) is 0. The summed E-state index contributed by atoms with van der Waals surface area (Å²) in [6, 6.07) is 14.7. The molecule has 8 heteroatoms. The number of rotatable bonds is 3. The second-order valence-electron chi connectivity index (χ2n) is 6.95. The van der Waals surface area contributed by atoms with Crippen LogP contribution in [0.5, 0.6) is 11.5 Å². The largest absolute Gasteiger partial charge is 0.482 e. The van der Waals surface area contributed by atoms with E-state index >= 15 is 0 Å². The molecular formula is C21H18ClN3O3S. The summed E-state index contributed by atoms with van der Waals surface area (Å²) >= 11 is 7.80. The molecule has 2 unspecified atom stereocenters. The number of aromatic nitrogens is 2. The smallest absolute Gasteiger partial charge is 0.270 e. The molecule has 0 spiro atoms. The monoisotopic (exact) mass is 427 g/mol. The molecule has 29 heavy (non-hydrogen) atoms. The Balaban J connectivity index is 1.46. The molecule has 0 bridgehead atoms. The van der Waals surface area contributed by atoms with Crippen LogP contribution in [0.1, 0.15) is 18.2 Å². The SMILES string of the molecule is CC1Oc2ccccc2OC1C(=O)Nc1c2c(nn1-c1ccc(Cl)cc1)CSC2. The molecule has 0 radical (unpaired) electrons. The number of carbonyl (C=O) groups excluding carboxylic acids is 1. The Morgan fingerprint density at radius 1 is 1.14 bits per heavy atom. The van der Waals surface area contributed by atoms with Crippen LogP contribution >= 0.6 is 23.4 Å². The number of amides is 1. The van der Waals surface area contributed by atoms with E-state index in [-0.39, 0.29) is 5.91 Å². The normalized spacial score (nSPS) is 19.7. The number of hydrogen-bond donors (Lipinski definition) is 1. The maximum Gasteiger partial charge on any atom is 0.270 e. The van der Waals surface area contributed by atoms with Crippen molar-refractivity contribution in [3.63, 3.8) is 0 Å². The van der Waals surface area contributed by atoms with Crippen molar-refractivity contribution in [1.82, 2.24) is 9.78 Å².